The summed E-state index contributed by atoms with van der Waals surface area (Å²) in [6.45, 7) is 6.06. The van der Waals surface area contributed by atoms with Gasteiger partial charge in [-0.05, 0) is 64.5 Å². The number of amides is 1. The number of aromatic hydroxyl groups is 1. The SMILES string of the molecule is Cc1ccc([C@H](C(=O)NC(C)(C)Cc2ccc(O)cc2)N(C)C)cc1. The van der Waals surface area contributed by atoms with Crippen molar-refractivity contribution in [3.05, 3.63) is 65.2 Å². The predicted octanol–water partition coefficient (Wildman–Crippen LogP) is 3.44. The number of carbonyl (C=O) groups excluding carboxylic acids is 1. The van der Waals surface area contributed by atoms with E-state index < -0.39 is 5.54 Å². The molecule has 0 fully saturated rings. The molecule has 4 heteroatoms. The van der Waals surface area contributed by atoms with Gasteiger partial charge in [0.05, 0.1) is 0 Å². The van der Waals surface area contributed by atoms with Crippen LogP contribution in [0, 0.1) is 6.92 Å². The fourth-order valence-corrected chi connectivity index (χ4v) is 3.00. The zero-order valence-corrected chi connectivity index (χ0v) is 15.7. The number of aryl methyl sites for hydroxylation is 1. The molecule has 0 aromatic heterocycles. The lowest BCUT2D eigenvalue weighted by Gasteiger charge is -2.31. The Bertz CT molecular complexity index is 704. The summed E-state index contributed by atoms with van der Waals surface area (Å²) in [6, 6.07) is 14.8. The largest absolute Gasteiger partial charge is 0.508 e. The Morgan fingerprint density at radius 3 is 2.16 bits per heavy atom. The third kappa shape index (κ3) is 5.33. The molecule has 0 saturated heterocycles. The van der Waals surface area contributed by atoms with Crippen molar-refractivity contribution in [1.29, 1.82) is 0 Å². The van der Waals surface area contributed by atoms with Crippen LogP contribution in [0.1, 0.15) is 36.6 Å². The Morgan fingerprint density at radius 2 is 1.64 bits per heavy atom. The molecular weight excluding hydrogens is 312 g/mol. The lowest BCUT2D eigenvalue weighted by Crippen LogP contribution is -2.49. The first kappa shape index (κ1) is 19.0. The van der Waals surface area contributed by atoms with Crippen LogP contribution >= 0.6 is 0 Å². The van der Waals surface area contributed by atoms with Crippen molar-refractivity contribution in [2.24, 2.45) is 0 Å². The quantitative estimate of drug-likeness (QED) is 0.847. The van der Waals surface area contributed by atoms with Crippen LogP contribution < -0.4 is 5.32 Å². The summed E-state index contributed by atoms with van der Waals surface area (Å²) >= 11 is 0. The van der Waals surface area contributed by atoms with Gasteiger partial charge >= 0.3 is 0 Å². The number of likely N-dealkylation sites (N-methyl/N-ethyl adjacent to an activating group) is 1. The van der Waals surface area contributed by atoms with E-state index in [1.54, 1.807) is 12.1 Å². The summed E-state index contributed by atoms with van der Waals surface area (Å²) in [6.07, 6.45) is 0.688. The Kier molecular flexibility index (Phi) is 5.85. The molecule has 4 nitrogen and oxygen atoms in total. The van der Waals surface area contributed by atoms with Gasteiger partial charge < -0.3 is 10.4 Å². The van der Waals surface area contributed by atoms with Crippen molar-refractivity contribution < 1.29 is 9.90 Å². The Labute approximate surface area is 150 Å². The van der Waals surface area contributed by atoms with E-state index in [4.69, 9.17) is 0 Å². The number of nitrogens with one attached hydrogen (secondary N) is 1. The van der Waals surface area contributed by atoms with Gasteiger partial charge in [-0.1, -0.05) is 42.0 Å². The minimum atomic E-state index is -0.396. The molecule has 1 atom stereocenters. The summed E-state index contributed by atoms with van der Waals surface area (Å²) in [5.74, 6) is 0.232. The van der Waals surface area contributed by atoms with Gasteiger partial charge in [0.15, 0.2) is 0 Å². The second-order valence-electron chi connectivity index (χ2n) is 7.49. The molecular formula is C21H28N2O2. The van der Waals surface area contributed by atoms with Crippen LogP contribution in [0.15, 0.2) is 48.5 Å². The fourth-order valence-electron chi connectivity index (χ4n) is 3.00. The maximum Gasteiger partial charge on any atom is 0.242 e. The molecule has 0 radical (unpaired) electrons. The molecule has 0 saturated carbocycles. The predicted molar refractivity (Wildman–Crippen MR) is 102 cm³/mol. The first-order chi connectivity index (χ1) is 11.7. The Hall–Kier alpha value is -2.33. The number of hydrogen-bond donors (Lipinski definition) is 2. The topological polar surface area (TPSA) is 52.6 Å². The van der Waals surface area contributed by atoms with Crippen molar-refractivity contribution in [3.63, 3.8) is 0 Å². The summed E-state index contributed by atoms with van der Waals surface area (Å²) in [5, 5.41) is 12.6. The maximum absolute atomic E-state index is 12.9. The molecule has 0 unspecified atom stereocenters. The van der Waals surface area contributed by atoms with E-state index in [2.05, 4.69) is 5.32 Å². The summed E-state index contributed by atoms with van der Waals surface area (Å²) in [5.41, 5.74) is 2.83. The zero-order chi connectivity index (χ0) is 18.6. The fraction of sp³-hybridized carbons (Fsp3) is 0.381. The molecule has 2 aromatic rings. The van der Waals surface area contributed by atoms with Crippen molar-refractivity contribution in [1.82, 2.24) is 10.2 Å². The first-order valence-electron chi connectivity index (χ1n) is 8.51. The second-order valence-corrected chi connectivity index (χ2v) is 7.49. The monoisotopic (exact) mass is 340 g/mol. The van der Waals surface area contributed by atoms with Crippen molar-refractivity contribution >= 4 is 5.91 Å². The lowest BCUT2D eigenvalue weighted by molar-refractivity contribution is -0.127. The van der Waals surface area contributed by atoms with E-state index in [0.717, 1.165) is 11.1 Å². The van der Waals surface area contributed by atoms with E-state index in [0.29, 0.717) is 6.42 Å². The average molecular weight is 340 g/mol. The molecule has 0 bridgehead atoms. The highest BCUT2D eigenvalue weighted by Gasteiger charge is 2.28. The van der Waals surface area contributed by atoms with Gasteiger partial charge in [-0.25, -0.2) is 0 Å². The summed E-state index contributed by atoms with van der Waals surface area (Å²) in [4.78, 5) is 14.9. The van der Waals surface area contributed by atoms with Gasteiger partial charge in [0.1, 0.15) is 11.8 Å². The van der Waals surface area contributed by atoms with Gasteiger partial charge in [0, 0.05) is 5.54 Å². The maximum atomic E-state index is 12.9. The van der Waals surface area contributed by atoms with E-state index in [1.165, 1.54) is 5.56 Å². The molecule has 1 amide bonds. The van der Waals surface area contributed by atoms with E-state index in [9.17, 15) is 9.90 Å². The summed E-state index contributed by atoms with van der Waals surface area (Å²) in [7, 11) is 3.83. The molecule has 0 aliphatic rings. The van der Waals surface area contributed by atoms with Crippen molar-refractivity contribution in [2.75, 3.05) is 14.1 Å². The number of rotatable bonds is 6. The smallest absolute Gasteiger partial charge is 0.242 e. The van der Waals surface area contributed by atoms with Crippen LogP contribution in [0.25, 0.3) is 0 Å². The van der Waals surface area contributed by atoms with Gasteiger partial charge in [-0.2, -0.15) is 0 Å². The number of hydrogen-bond acceptors (Lipinski definition) is 3. The molecule has 134 valence electrons. The molecule has 0 spiro atoms. The number of carbonyl (C=O) groups is 1. The van der Waals surface area contributed by atoms with Crippen LogP contribution in [-0.4, -0.2) is 35.5 Å². The number of phenolic OH excluding ortho intramolecular Hbond substituents is 1. The third-order valence-corrected chi connectivity index (χ3v) is 4.20. The molecule has 2 aromatic carbocycles. The molecule has 25 heavy (non-hydrogen) atoms. The van der Waals surface area contributed by atoms with Crippen LogP contribution in [0.2, 0.25) is 0 Å². The highest BCUT2D eigenvalue weighted by molar-refractivity contribution is 5.83. The van der Waals surface area contributed by atoms with Crippen LogP contribution in [-0.2, 0) is 11.2 Å². The highest BCUT2D eigenvalue weighted by Crippen LogP contribution is 2.22. The van der Waals surface area contributed by atoms with Crippen LogP contribution in [0.4, 0.5) is 0 Å². The van der Waals surface area contributed by atoms with Crippen LogP contribution in [0.5, 0.6) is 5.75 Å². The van der Waals surface area contributed by atoms with E-state index in [1.807, 2.05) is 76.2 Å². The minimum absolute atomic E-state index is 0.0161. The number of benzene rings is 2. The Balaban J connectivity index is 2.13. The normalized spacial score (nSPS) is 12.9. The van der Waals surface area contributed by atoms with Crippen molar-refractivity contribution in [3.8, 4) is 5.75 Å². The molecule has 0 aliphatic carbocycles. The first-order valence-corrected chi connectivity index (χ1v) is 8.51. The Morgan fingerprint density at radius 1 is 1.08 bits per heavy atom. The molecule has 2 rings (SSSR count). The molecule has 0 aliphatic heterocycles. The van der Waals surface area contributed by atoms with Crippen molar-refractivity contribution in [2.45, 2.75) is 38.8 Å². The second kappa shape index (κ2) is 7.70. The molecule has 0 heterocycles. The van der Waals surface area contributed by atoms with E-state index in [-0.39, 0.29) is 17.7 Å². The minimum Gasteiger partial charge on any atom is -0.508 e. The third-order valence-electron chi connectivity index (χ3n) is 4.20. The highest BCUT2D eigenvalue weighted by atomic mass is 16.3. The zero-order valence-electron chi connectivity index (χ0n) is 15.7. The molecule has 2 N–H and O–H groups in total. The van der Waals surface area contributed by atoms with Gasteiger partial charge in [0.2, 0.25) is 5.91 Å². The van der Waals surface area contributed by atoms with Gasteiger partial charge in [-0.15, -0.1) is 0 Å². The lowest BCUT2D eigenvalue weighted by atomic mass is 9.93. The van der Waals surface area contributed by atoms with E-state index >= 15 is 0 Å². The standard InChI is InChI=1S/C21H28N2O2/c1-15-6-10-17(11-7-15)19(23(4)5)20(25)22-21(2,3)14-16-8-12-18(24)13-9-16/h6-13,19,24H,14H2,1-5H3,(H,22,25)/t19-/m1/s1. The average Bonchev–Trinajstić information content (AvgIpc) is 2.50. The number of nitrogens with zero attached hydrogens (tertiary/aromatic N) is 1. The van der Waals surface area contributed by atoms with Crippen LogP contribution in [0.3, 0.4) is 0 Å². The van der Waals surface area contributed by atoms with Gasteiger partial charge in [-0.3, -0.25) is 9.69 Å². The van der Waals surface area contributed by atoms with Gasteiger partial charge in [0.25, 0.3) is 0 Å². The summed E-state index contributed by atoms with van der Waals surface area (Å²) < 4.78 is 0. The number of phenols is 1.